The Morgan fingerprint density at radius 1 is 1.03 bits per heavy atom. The van der Waals surface area contributed by atoms with E-state index in [-0.39, 0.29) is 23.0 Å². The van der Waals surface area contributed by atoms with Gasteiger partial charge in [0.05, 0.1) is 11.9 Å². The number of anilines is 1. The van der Waals surface area contributed by atoms with Gasteiger partial charge in [-0.05, 0) is 37.9 Å². The quantitative estimate of drug-likeness (QED) is 0.291. The highest BCUT2D eigenvalue weighted by molar-refractivity contribution is 6.59. The summed E-state index contributed by atoms with van der Waals surface area (Å²) in [6.07, 6.45) is 1.87. The van der Waals surface area contributed by atoms with Gasteiger partial charge in [-0.25, -0.2) is 4.79 Å². The minimum Gasteiger partial charge on any atom is -0.444 e. The molecule has 0 saturated heterocycles. The first kappa shape index (κ1) is 24.4. The van der Waals surface area contributed by atoms with E-state index in [2.05, 4.69) is 15.6 Å². The first-order valence-corrected chi connectivity index (χ1v) is 9.51. The molecule has 0 aliphatic rings. The van der Waals surface area contributed by atoms with Gasteiger partial charge >= 0.3 is 20.3 Å². The van der Waals surface area contributed by atoms with Crippen LogP contribution >= 0.6 is 0 Å². The Morgan fingerprint density at radius 3 is 2.19 bits per heavy atom. The summed E-state index contributed by atoms with van der Waals surface area (Å²) in [6.45, 7) is 5.08. The zero-order chi connectivity index (χ0) is 23.2. The fraction of sp³-hybridized carbons (Fsp3) is 0.316. The van der Waals surface area contributed by atoms with Crippen LogP contribution in [0.1, 0.15) is 26.3 Å². The first-order valence-electron chi connectivity index (χ1n) is 9.51. The van der Waals surface area contributed by atoms with Crippen molar-refractivity contribution in [2.75, 3.05) is 5.32 Å². The number of amides is 2. The molecule has 164 valence electrons. The summed E-state index contributed by atoms with van der Waals surface area (Å²) in [5.41, 5.74) is 0.478. The Labute approximate surface area is 180 Å². The molecule has 12 heteroatoms. The number of nitrogens with one attached hydrogen (secondary N) is 2. The number of pyridine rings is 1. The Hall–Kier alpha value is -2.92. The molecule has 0 aliphatic heterocycles. The van der Waals surface area contributed by atoms with E-state index in [0.29, 0.717) is 5.56 Å². The van der Waals surface area contributed by atoms with Crippen LogP contribution in [0, 0.1) is 0 Å². The molecule has 2 aromatic rings. The van der Waals surface area contributed by atoms with Crippen LogP contribution < -0.4 is 21.6 Å². The maximum Gasteiger partial charge on any atom is 0.490 e. The van der Waals surface area contributed by atoms with Crippen LogP contribution in [0.5, 0.6) is 0 Å². The summed E-state index contributed by atoms with van der Waals surface area (Å²) in [6, 6.07) is 6.52. The number of carbonyl (C=O) groups is 2. The lowest BCUT2D eigenvalue weighted by molar-refractivity contribution is -0.118. The van der Waals surface area contributed by atoms with Crippen molar-refractivity contribution >= 4 is 42.9 Å². The molecule has 1 atom stereocenters. The molecule has 1 aromatic heterocycles. The van der Waals surface area contributed by atoms with Crippen LogP contribution in [0.15, 0.2) is 42.7 Å². The second-order valence-corrected chi connectivity index (χ2v) is 7.89. The fourth-order valence-corrected chi connectivity index (χ4v) is 2.62. The minimum absolute atomic E-state index is 0.0859. The fourth-order valence-electron chi connectivity index (χ4n) is 2.62. The number of alkyl carbamates (subject to hydrolysis) is 1. The number of hydrogen-bond donors (Lipinski definition) is 6. The molecule has 0 radical (unpaired) electrons. The summed E-state index contributed by atoms with van der Waals surface area (Å²) in [5.74, 6) is -0.580. The molecule has 1 heterocycles. The third kappa shape index (κ3) is 8.02. The van der Waals surface area contributed by atoms with Crippen LogP contribution in [-0.4, -0.2) is 63.0 Å². The van der Waals surface area contributed by atoms with E-state index in [0.717, 1.165) is 0 Å². The Morgan fingerprint density at radius 2 is 1.65 bits per heavy atom. The lowest BCUT2D eigenvalue weighted by atomic mass is 9.80. The second-order valence-electron chi connectivity index (χ2n) is 7.89. The molecule has 0 fully saturated rings. The highest BCUT2D eigenvalue weighted by Crippen LogP contribution is 2.10. The summed E-state index contributed by atoms with van der Waals surface area (Å²) >= 11 is 0. The molecule has 2 amide bonds. The smallest absolute Gasteiger partial charge is 0.444 e. The second kappa shape index (κ2) is 10.4. The Bertz CT molecular complexity index is 902. The number of benzene rings is 1. The predicted molar refractivity (Wildman–Crippen MR) is 116 cm³/mol. The maximum absolute atomic E-state index is 12.9. The number of aromatic nitrogens is 1. The predicted octanol–water partition coefficient (Wildman–Crippen LogP) is -1.48. The van der Waals surface area contributed by atoms with E-state index >= 15 is 0 Å². The molecule has 0 spiro atoms. The van der Waals surface area contributed by atoms with E-state index in [4.69, 9.17) is 4.74 Å². The van der Waals surface area contributed by atoms with Crippen molar-refractivity contribution < 1.29 is 34.4 Å². The third-order valence-corrected chi connectivity index (χ3v) is 4.05. The van der Waals surface area contributed by atoms with Crippen LogP contribution in [0.4, 0.5) is 10.5 Å². The monoisotopic (exact) mass is 429 g/mol. The van der Waals surface area contributed by atoms with Crippen LogP contribution in [0.3, 0.4) is 0 Å². The van der Waals surface area contributed by atoms with Gasteiger partial charge in [0.15, 0.2) is 0 Å². The van der Waals surface area contributed by atoms with Crippen LogP contribution in [0.25, 0.3) is 0 Å². The third-order valence-electron chi connectivity index (χ3n) is 4.05. The van der Waals surface area contributed by atoms with Crippen LogP contribution in [0.2, 0.25) is 0 Å². The van der Waals surface area contributed by atoms with Gasteiger partial charge in [-0.15, -0.1) is 0 Å². The number of ether oxygens (including phenoxy) is 1. The molecule has 0 bridgehead atoms. The molecule has 6 N–H and O–H groups in total. The van der Waals surface area contributed by atoms with E-state index in [1.165, 1.54) is 30.6 Å². The minimum atomic E-state index is -1.75. The molecule has 0 saturated carbocycles. The van der Waals surface area contributed by atoms with Crippen molar-refractivity contribution in [2.24, 2.45) is 0 Å². The van der Waals surface area contributed by atoms with Gasteiger partial charge in [0.25, 0.3) is 0 Å². The van der Waals surface area contributed by atoms with E-state index in [9.17, 15) is 29.7 Å². The molecule has 2 rings (SSSR count). The van der Waals surface area contributed by atoms with E-state index < -0.39 is 37.9 Å². The van der Waals surface area contributed by atoms with Crippen molar-refractivity contribution in [1.29, 1.82) is 0 Å². The SMILES string of the molecule is CC(C)(C)OC(=O)N[C@@H](Cc1ccc(B(O)O)cc1)C(=O)Nc1cncc(B(O)O)c1. The van der Waals surface area contributed by atoms with Crippen molar-refractivity contribution in [2.45, 2.75) is 38.8 Å². The van der Waals surface area contributed by atoms with Crippen molar-refractivity contribution in [3.05, 3.63) is 48.3 Å². The van der Waals surface area contributed by atoms with E-state index in [1.807, 2.05) is 0 Å². The topological polar surface area (TPSA) is 161 Å². The highest BCUT2D eigenvalue weighted by atomic mass is 16.6. The van der Waals surface area contributed by atoms with Crippen molar-refractivity contribution in [1.82, 2.24) is 10.3 Å². The summed E-state index contributed by atoms with van der Waals surface area (Å²) in [7, 11) is -3.37. The normalized spacial score (nSPS) is 12.0. The van der Waals surface area contributed by atoms with Crippen LogP contribution in [-0.2, 0) is 16.0 Å². The first-order chi connectivity index (χ1) is 14.4. The molecular weight excluding hydrogens is 404 g/mol. The zero-order valence-corrected chi connectivity index (χ0v) is 17.4. The van der Waals surface area contributed by atoms with Gasteiger partial charge in [-0.1, -0.05) is 24.3 Å². The average Bonchev–Trinajstić information content (AvgIpc) is 2.66. The van der Waals surface area contributed by atoms with Crippen molar-refractivity contribution in [3.63, 3.8) is 0 Å². The maximum atomic E-state index is 12.9. The highest BCUT2D eigenvalue weighted by Gasteiger charge is 2.25. The molecule has 1 aromatic carbocycles. The molecule has 10 nitrogen and oxygen atoms in total. The standard InChI is InChI=1S/C19H25B2N3O7/c1-19(2,3)31-18(26)24-16(8-12-4-6-13(7-5-12)20(27)28)17(25)23-15-9-14(21(29)30)10-22-11-15/h4-7,9-11,16,27-30H,8H2,1-3H3,(H,23,25)(H,24,26)/t16-/m0/s1. The van der Waals surface area contributed by atoms with Gasteiger partial charge in [0.1, 0.15) is 11.6 Å². The summed E-state index contributed by atoms with van der Waals surface area (Å²) in [5, 5.41) is 42.1. The largest absolute Gasteiger partial charge is 0.490 e. The number of nitrogens with zero attached hydrogens (tertiary/aromatic N) is 1. The van der Waals surface area contributed by atoms with E-state index in [1.54, 1.807) is 32.9 Å². The van der Waals surface area contributed by atoms with Gasteiger partial charge < -0.3 is 35.5 Å². The Balaban J connectivity index is 2.20. The molecule has 31 heavy (non-hydrogen) atoms. The van der Waals surface area contributed by atoms with Crippen molar-refractivity contribution in [3.8, 4) is 0 Å². The lowest BCUT2D eigenvalue weighted by Gasteiger charge is -2.23. The summed E-state index contributed by atoms with van der Waals surface area (Å²) < 4.78 is 5.23. The summed E-state index contributed by atoms with van der Waals surface area (Å²) in [4.78, 5) is 28.9. The Kier molecular flexibility index (Phi) is 8.17. The van der Waals surface area contributed by atoms with Gasteiger partial charge in [-0.3, -0.25) is 9.78 Å². The number of rotatable bonds is 7. The lowest BCUT2D eigenvalue weighted by Crippen LogP contribution is -2.47. The van der Waals surface area contributed by atoms with Gasteiger partial charge in [0.2, 0.25) is 5.91 Å². The zero-order valence-electron chi connectivity index (χ0n) is 17.4. The van der Waals surface area contributed by atoms with Gasteiger partial charge in [-0.2, -0.15) is 0 Å². The van der Waals surface area contributed by atoms with Gasteiger partial charge in [0, 0.05) is 18.1 Å². The average molecular weight is 429 g/mol. The molecule has 0 aliphatic carbocycles. The number of carbonyl (C=O) groups excluding carboxylic acids is 2. The number of hydrogen-bond acceptors (Lipinski definition) is 8. The molecule has 0 unspecified atom stereocenters. The molecular formula is C19H25B2N3O7.